The van der Waals surface area contributed by atoms with Crippen molar-refractivity contribution in [2.75, 3.05) is 38.7 Å². The van der Waals surface area contributed by atoms with Crippen LogP contribution < -0.4 is 10.6 Å². The van der Waals surface area contributed by atoms with Crippen molar-refractivity contribution in [3.8, 4) is 0 Å². The molecular weight excluding hydrogens is 715 g/mol. The second kappa shape index (κ2) is 16.7. The molecular formula is C37H50ClFN4O8S. The van der Waals surface area contributed by atoms with Crippen LogP contribution in [-0.2, 0) is 35.4 Å². The minimum Gasteiger partial charge on any atom is -0.453 e. The van der Waals surface area contributed by atoms with Crippen molar-refractivity contribution in [2.24, 2.45) is 5.92 Å². The molecule has 0 unspecified atom stereocenters. The Morgan fingerprint density at radius 2 is 1.71 bits per heavy atom. The first-order chi connectivity index (χ1) is 24.6. The summed E-state index contributed by atoms with van der Waals surface area (Å²) in [5, 5.41) is 5.65. The second-order valence-corrected chi connectivity index (χ2v) is 17.5. The highest BCUT2D eigenvalue weighted by atomic mass is 35.5. The highest BCUT2D eigenvalue weighted by Crippen LogP contribution is 2.38. The average molecular weight is 765 g/mol. The minimum atomic E-state index is -3.67. The van der Waals surface area contributed by atoms with E-state index in [0.717, 1.165) is 5.56 Å². The van der Waals surface area contributed by atoms with Gasteiger partial charge in [-0.1, -0.05) is 29.8 Å². The number of benzene rings is 2. The maximum Gasteiger partial charge on any atom is 0.410 e. The summed E-state index contributed by atoms with van der Waals surface area (Å²) in [7, 11) is -2.46. The largest absolute Gasteiger partial charge is 0.453 e. The van der Waals surface area contributed by atoms with Gasteiger partial charge in [0, 0.05) is 60.6 Å². The number of sulfonamides is 1. The maximum atomic E-state index is 15.7. The third-order valence-electron chi connectivity index (χ3n) is 9.83. The van der Waals surface area contributed by atoms with Crippen molar-refractivity contribution in [1.29, 1.82) is 0 Å². The van der Waals surface area contributed by atoms with Crippen LogP contribution in [0.25, 0.3) is 0 Å². The van der Waals surface area contributed by atoms with Crippen molar-refractivity contribution in [2.45, 2.75) is 101 Å². The van der Waals surface area contributed by atoms with Crippen LogP contribution in [0.2, 0.25) is 5.02 Å². The number of hydrogen-bond donors (Lipinski definition) is 2. The van der Waals surface area contributed by atoms with E-state index in [2.05, 4.69) is 10.6 Å². The van der Waals surface area contributed by atoms with E-state index in [1.807, 2.05) is 12.1 Å². The van der Waals surface area contributed by atoms with Crippen LogP contribution >= 0.6 is 11.6 Å². The number of nitrogens with zero attached hydrogens (tertiary/aromatic N) is 2. The summed E-state index contributed by atoms with van der Waals surface area (Å²) >= 11 is 6.20. The molecule has 3 amide bonds. The number of carbonyl (C=O) groups excluding carboxylic acids is 3. The predicted octanol–water partition coefficient (Wildman–Crippen LogP) is 6.09. The molecule has 0 spiro atoms. The van der Waals surface area contributed by atoms with Crippen molar-refractivity contribution < 1.29 is 41.4 Å². The van der Waals surface area contributed by atoms with Crippen LogP contribution in [0.5, 0.6) is 0 Å². The van der Waals surface area contributed by atoms with Crippen LogP contribution in [-0.4, -0.2) is 98.1 Å². The molecule has 2 saturated heterocycles. The van der Waals surface area contributed by atoms with Crippen LogP contribution in [0.1, 0.15) is 76.8 Å². The molecule has 3 fully saturated rings. The molecule has 12 nitrogen and oxygen atoms in total. The molecule has 0 bridgehead atoms. The number of methoxy groups -OCH3 is 1. The quantitative estimate of drug-likeness (QED) is 0.280. The third-order valence-corrected chi connectivity index (χ3v) is 12.6. The Balaban J connectivity index is 1.43. The lowest BCUT2D eigenvalue weighted by atomic mass is 9.76. The van der Waals surface area contributed by atoms with E-state index >= 15 is 4.39 Å². The van der Waals surface area contributed by atoms with E-state index in [0.29, 0.717) is 43.9 Å². The molecule has 1 aliphatic carbocycles. The molecule has 15 heteroatoms. The van der Waals surface area contributed by atoms with E-state index in [-0.39, 0.29) is 43.1 Å². The zero-order chi connectivity index (χ0) is 37.8. The number of anilines is 1. The highest BCUT2D eigenvalue weighted by molar-refractivity contribution is 7.90. The lowest BCUT2D eigenvalue weighted by molar-refractivity contribution is -0.119. The summed E-state index contributed by atoms with van der Waals surface area (Å²) in [5.41, 5.74) is 0.399. The molecule has 2 aromatic carbocycles. The number of carbonyl (C=O) groups is 3. The van der Waals surface area contributed by atoms with Gasteiger partial charge in [0.05, 0.1) is 12.4 Å². The van der Waals surface area contributed by atoms with E-state index < -0.39 is 68.8 Å². The summed E-state index contributed by atoms with van der Waals surface area (Å²) in [5.74, 6) is -1.71. The maximum absolute atomic E-state index is 15.7. The van der Waals surface area contributed by atoms with Gasteiger partial charge in [-0.2, -0.15) is 4.31 Å². The average Bonchev–Trinajstić information content (AvgIpc) is 3.95. The molecule has 2 heterocycles. The Kier molecular flexibility index (Phi) is 12.8. The number of piperazine rings is 1. The topological polar surface area (TPSA) is 144 Å². The zero-order valence-corrected chi connectivity index (χ0v) is 32.0. The fourth-order valence-electron chi connectivity index (χ4n) is 7.31. The molecule has 2 aromatic rings. The summed E-state index contributed by atoms with van der Waals surface area (Å²) in [6.45, 7) is 8.28. The van der Waals surface area contributed by atoms with Crippen LogP contribution in [0.4, 0.5) is 19.7 Å². The van der Waals surface area contributed by atoms with Gasteiger partial charge < -0.3 is 29.7 Å². The number of alkyl carbamates (subject to hydrolysis) is 1. The van der Waals surface area contributed by atoms with Crippen LogP contribution in [0, 0.1) is 11.7 Å². The third kappa shape index (κ3) is 9.74. The van der Waals surface area contributed by atoms with Crippen molar-refractivity contribution >= 4 is 45.4 Å². The zero-order valence-electron chi connectivity index (χ0n) is 30.4. The lowest BCUT2D eigenvalue weighted by Gasteiger charge is -2.45. The molecule has 4 atom stereocenters. The Morgan fingerprint density at radius 3 is 2.33 bits per heavy atom. The van der Waals surface area contributed by atoms with E-state index in [1.54, 1.807) is 45.9 Å². The molecule has 286 valence electrons. The molecule has 2 aliphatic heterocycles. The van der Waals surface area contributed by atoms with Gasteiger partial charge in [-0.05, 0) is 102 Å². The monoisotopic (exact) mass is 764 g/mol. The van der Waals surface area contributed by atoms with Crippen LogP contribution in [0.15, 0.2) is 42.5 Å². The Labute approximate surface area is 310 Å². The SMILES string of the molecule is COC(=O)N[C@H](C(=O)Nc1cccc(F)c1CC[C@H]1CN(C(=O)OC(C)(C)C)C[C@H](C)N1S(=O)(=O)C1CC1)[C@@H](c1ccc(Cl)cc1)C1CCOCC1. The molecule has 1 saturated carbocycles. The van der Waals surface area contributed by atoms with Gasteiger partial charge in [0.25, 0.3) is 0 Å². The smallest absolute Gasteiger partial charge is 0.410 e. The Bertz CT molecular complexity index is 1700. The van der Waals surface area contributed by atoms with Gasteiger partial charge in [0.1, 0.15) is 17.5 Å². The predicted molar refractivity (Wildman–Crippen MR) is 195 cm³/mol. The fraction of sp³-hybridized carbons (Fsp3) is 0.595. The first-order valence-electron chi connectivity index (χ1n) is 17.8. The molecule has 3 aliphatic rings. The van der Waals surface area contributed by atoms with Gasteiger partial charge in [-0.25, -0.2) is 22.4 Å². The number of halogens is 2. The summed E-state index contributed by atoms with van der Waals surface area (Å²) < 4.78 is 60.7. The van der Waals surface area contributed by atoms with Crippen LogP contribution in [0.3, 0.4) is 0 Å². The van der Waals surface area contributed by atoms with Gasteiger partial charge in [-0.15, -0.1) is 0 Å². The minimum absolute atomic E-state index is 0.0459. The highest BCUT2D eigenvalue weighted by Gasteiger charge is 2.48. The first kappa shape index (κ1) is 39.7. The number of hydrogen-bond acceptors (Lipinski definition) is 8. The van der Waals surface area contributed by atoms with Crippen molar-refractivity contribution in [1.82, 2.24) is 14.5 Å². The summed E-state index contributed by atoms with van der Waals surface area (Å²) in [6, 6.07) is 9.11. The summed E-state index contributed by atoms with van der Waals surface area (Å²) in [6.07, 6.45) is 1.30. The molecule has 2 N–H and O–H groups in total. The number of rotatable bonds is 11. The second-order valence-electron chi connectivity index (χ2n) is 14.9. The van der Waals surface area contributed by atoms with Crippen molar-refractivity contribution in [3.05, 3.63) is 64.4 Å². The Hall–Kier alpha value is -3.46. The summed E-state index contributed by atoms with van der Waals surface area (Å²) in [4.78, 5) is 41.6. The molecule has 0 radical (unpaired) electrons. The number of amides is 3. The van der Waals surface area contributed by atoms with Gasteiger partial charge >= 0.3 is 12.2 Å². The molecule has 52 heavy (non-hydrogen) atoms. The van der Waals surface area contributed by atoms with Gasteiger partial charge in [0.2, 0.25) is 15.9 Å². The fourth-order valence-corrected chi connectivity index (χ4v) is 9.67. The first-order valence-corrected chi connectivity index (χ1v) is 19.7. The molecule has 0 aromatic heterocycles. The van der Waals surface area contributed by atoms with E-state index in [9.17, 15) is 22.8 Å². The standard InChI is InChI=1S/C37H50ClFN4O8S/c1-23-21-42(36(46)51-37(2,3)4)22-27(43(23)52(47,48)28-14-15-28)13-16-29-30(39)7-6-8-31(29)40-34(44)33(41-35(45)49-5)32(25-17-19-50-20-18-25)24-9-11-26(38)12-10-24/h6-12,23,25,27-28,32-33H,13-22H2,1-5H3,(H,40,44)(H,41,45)/t23-,27-,32-,33-/m0/s1. The van der Waals surface area contributed by atoms with E-state index in [4.69, 9.17) is 25.8 Å². The number of ether oxygens (including phenoxy) is 3. The van der Waals surface area contributed by atoms with E-state index in [1.165, 1.54) is 28.4 Å². The van der Waals surface area contributed by atoms with Gasteiger partial charge in [-0.3, -0.25) is 4.79 Å². The Morgan fingerprint density at radius 1 is 1.04 bits per heavy atom. The normalized spacial score (nSPS) is 21.6. The van der Waals surface area contributed by atoms with Crippen molar-refractivity contribution in [3.63, 3.8) is 0 Å². The lowest BCUT2D eigenvalue weighted by Crippen LogP contribution is -2.61. The van der Waals surface area contributed by atoms with Gasteiger partial charge in [0.15, 0.2) is 0 Å². The molecule has 5 rings (SSSR count). The number of nitrogens with one attached hydrogen (secondary N) is 2.